The van der Waals surface area contributed by atoms with Gasteiger partial charge in [0.2, 0.25) is 5.91 Å². The van der Waals surface area contributed by atoms with Crippen molar-refractivity contribution in [1.82, 2.24) is 10.6 Å². The molecule has 2 aromatic carbocycles. The minimum Gasteiger partial charge on any atom is -0.481 e. The third-order valence-corrected chi connectivity index (χ3v) is 5.24. The monoisotopic (exact) mass is 446 g/mol. The largest absolute Gasteiger partial charge is 0.481 e. The Kier molecular flexibility index (Phi) is 7.40. The molecule has 0 fully saturated rings. The van der Waals surface area contributed by atoms with Gasteiger partial charge in [0.25, 0.3) is 6.43 Å². The molecule has 0 saturated heterocycles. The number of fused-ring (bicyclic) bond motifs is 3. The van der Waals surface area contributed by atoms with Crippen LogP contribution in [0.5, 0.6) is 0 Å². The van der Waals surface area contributed by atoms with Crippen molar-refractivity contribution < 1.29 is 33.0 Å². The van der Waals surface area contributed by atoms with Crippen molar-refractivity contribution in [2.24, 2.45) is 0 Å². The first kappa shape index (κ1) is 23.2. The number of rotatable bonds is 9. The first-order chi connectivity index (χ1) is 15.3. The first-order valence-corrected chi connectivity index (χ1v) is 10.2. The molecule has 0 aromatic heterocycles. The van der Waals surface area contributed by atoms with Gasteiger partial charge in [0, 0.05) is 12.0 Å². The Morgan fingerprint density at radius 2 is 1.53 bits per heavy atom. The van der Waals surface area contributed by atoms with Gasteiger partial charge >= 0.3 is 12.1 Å². The van der Waals surface area contributed by atoms with Crippen LogP contribution in [0.3, 0.4) is 0 Å². The summed E-state index contributed by atoms with van der Waals surface area (Å²) >= 11 is 0. The standard InChI is InChI=1S/C23H24F2N2O5/c1-13(10-21(29)30)26-20(28)11-19(22(24)25)27-23(31)32-12-18-16-8-4-2-6-14(16)15-7-3-5-9-17(15)18/h2-9,13,18-19,22H,10-12H2,1H3,(H,26,28)(H,27,31)(H,29,30). The lowest BCUT2D eigenvalue weighted by atomic mass is 9.98. The zero-order chi connectivity index (χ0) is 23.3. The van der Waals surface area contributed by atoms with Crippen LogP contribution in [-0.4, -0.2) is 48.2 Å². The summed E-state index contributed by atoms with van der Waals surface area (Å²) in [6, 6.07) is 12.9. The Balaban J connectivity index is 1.58. The van der Waals surface area contributed by atoms with Crippen molar-refractivity contribution in [3.05, 3.63) is 59.7 Å². The first-order valence-electron chi connectivity index (χ1n) is 10.2. The second kappa shape index (κ2) is 10.2. The predicted octanol–water partition coefficient (Wildman–Crippen LogP) is 3.53. The van der Waals surface area contributed by atoms with E-state index in [1.54, 1.807) is 0 Å². The average molecular weight is 446 g/mol. The summed E-state index contributed by atoms with van der Waals surface area (Å²) < 4.78 is 32.0. The fraction of sp³-hybridized carbons (Fsp3) is 0.348. The fourth-order valence-electron chi connectivity index (χ4n) is 3.84. The molecule has 0 saturated carbocycles. The quantitative estimate of drug-likeness (QED) is 0.547. The third kappa shape index (κ3) is 5.60. The number of carboxylic acids is 1. The number of nitrogens with one attached hydrogen (secondary N) is 2. The molecule has 7 nitrogen and oxygen atoms in total. The number of aliphatic carboxylic acids is 1. The molecule has 3 N–H and O–H groups in total. The third-order valence-electron chi connectivity index (χ3n) is 5.24. The zero-order valence-electron chi connectivity index (χ0n) is 17.4. The molecule has 2 aromatic rings. The summed E-state index contributed by atoms with van der Waals surface area (Å²) in [4.78, 5) is 34.8. The highest BCUT2D eigenvalue weighted by Gasteiger charge is 2.30. The number of alkyl carbamates (subject to hydrolysis) is 1. The molecule has 2 atom stereocenters. The Bertz CT molecular complexity index is 952. The highest BCUT2D eigenvalue weighted by molar-refractivity contribution is 5.80. The number of benzene rings is 2. The molecule has 0 spiro atoms. The van der Waals surface area contributed by atoms with Gasteiger partial charge in [-0.15, -0.1) is 0 Å². The van der Waals surface area contributed by atoms with E-state index in [1.807, 2.05) is 53.8 Å². The lowest BCUT2D eigenvalue weighted by Gasteiger charge is -2.20. The highest BCUT2D eigenvalue weighted by Crippen LogP contribution is 2.44. The maximum Gasteiger partial charge on any atom is 0.407 e. The number of hydrogen-bond acceptors (Lipinski definition) is 4. The number of alkyl halides is 2. The van der Waals surface area contributed by atoms with Gasteiger partial charge in [-0.2, -0.15) is 0 Å². The van der Waals surface area contributed by atoms with E-state index in [2.05, 4.69) is 5.32 Å². The van der Waals surface area contributed by atoms with E-state index < -0.39 is 42.9 Å². The second-order valence-corrected chi connectivity index (χ2v) is 7.68. The second-order valence-electron chi connectivity index (χ2n) is 7.68. The molecule has 2 unspecified atom stereocenters. The normalized spacial score (nSPS) is 14.2. The van der Waals surface area contributed by atoms with Gasteiger partial charge in [-0.3, -0.25) is 9.59 Å². The molecular formula is C23H24F2N2O5. The van der Waals surface area contributed by atoms with Crippen LogP contribution in [0, 0.1) is 0 Å². The van der Waals surface area contributed by atoms with Crippen LogP contribution in [0.25, 0.3) is 11.1 Å². The van der Waals surface area contributed by atoms with Gasteiger partial charge in [-0.1, -0.05) is 48.5 Å². The Morgan fingerprint density at radius 3 is 2.06 bits per heavy atom. The van der Waals surface area contributed by atoms with Crippen LogP contribution >= 0.6 is 0 Å². The molecule has 170 valence electrons. The number of hydrogen-bond donors (Lipinski definition) is 3. The molecule has 3 rings (SSSR count). The Labute approximate surface area is 183 Å². The Hall–Kier alpha value is -3.49. The van der Waals surface area contributed by atoms with E-state index in [9.17, 15) is 23.2 Å². The number of carbonyl (C=O) groups excluding carboxylic acids is 2. The molecular weight excluding hydrogens is 422 g/mol. The number of ether oxygens (including phenoxy) is 1. The van der Waals surface area contributed by atoms with Gasteiger partial charge in [-0.25, -0.2) is 13.6 Å². The van der Waals surface area contributed by atoms with Crippen LogP contribution < -0.4 is 10.6 Å². The topological polar surface area (TPSA) is 105 Å². The summed E-state index contributed by atoms with van der Waals surface area (Å²) in [6.07, 6.45) is -5.10. The van der Waals surface area contributed by atoms with Crippen molar-refractivity contribution in [2.75, 3.05) is 6.61 Å². The van der Waals surface area contributed by atoms with Crippen LogP contribution in [0.4, 0.5) is 13.6 Å². The van der Waals surface area contributed by atoms with Crippen LogP contribution in [-0.2, 0) is 14.3 Å². The lowest BCUT2D eigenvalue weighted by Crippen LogP contribution is -2.45. The summed E-state index contributed by atoms with van der Waals surface area (Å²) in [5, 5.41) is 13.1. The molecule has 1 aliphatic rings. The number of amides is 2. The number of carbonyl (C=O) groups is 3. The van der Waals surface area contributed by atoms with Gasteiger partial charge in [0.05, 0.1) is 12.8 Å². The maximum absolute atomic E-state index is 13.4. The molecule has 1 aliphatic carbocycles. The van der Waals surface area contributed by atoms with E-state index in [-0.39, 0.29) is 18.9 Å². The highest BCUT2D eigenvalue weighted by atomic mass is 19.3. The minimum absolute atomic E-state index is 0.0440. The fourth-order valence-corrected chi connectivity index (χ4v) is 3.84. The average Bonchev–Trinajstić information content (AvgIpc) is 3.05. The van der Waals surface area contributed by atoms with E-state index in [1.165, 1.54) is 6.92 Å². The molecule has 0 bridgehead atoms. The molecule has 0 aliphatic heterocycles. The Morgan fingerprint density at radius 1 is 0.969 bits per heavy atom. The number of carboxylic acid groups (broad SMARTS) is 1. The maximum atomic E-state index is 13.4. The smallest absolute Gasteiger partial charge is 0.407 e. The summed E-state index contributed by atoms with van der Waals surface area (Å²) in [7, 11) is 0. The van der Waals surface area contributed by atoms with Crippen molar-refractivity contribution >= 4 is 18.0 Å². The van der Waals surface area contributed by atoms with Crippen LogP contribution in [0.1, 0.15) is 36.8 Å². The van der Waals surface area contributed by atoms with E-state index in [4.69, 9.17) is 9.84 Å². The predicted molar refractivity (Wildman–Crippen MR) is 112 cm³/mol. The number of halogens is 2. The molecule has 2 amide bonds. The van der Waals surface area contributed by atoms with Gasteiger partial charge in [0.1, 0.15) is 12.6 Å². The molecule has 32 heavy (non-hydrogen) atoms. The van der Waals surface area contributed by atoms with E-state index >= 15 is 0 Å². The summed E-state index contributed by atoms with van der Waals surface area (Å²) in [5.41, 5.74) is 4.04. The SMILES string of the molecule is CC(CC(=O)O)NC(=O)CC(NC(=O)OCC1c2ccccc2-c2ccccc21)C(F)F. The minimum atomic E-state index is -3.00. The zero-order valence-corrected chi connectivity index (χ0v) is 17.4. The lowest BCUT2D eigenvalue weighted by molar-refractivity contribution is -0.137. The van der Waals surface area contributed by atoms with Crippen molar-refractivity contribution in [3.8, 4) is 11.1 Å². The summed E-state index contributed by atoms with van der Waals surface area (Å²) in [5.74, 6) is -2.14. The van der Waals surface area contributed by atoms with Gasteiger partial charge in [0.15, 0.2) is 0 Å². The van der Waals surface area contributed by atoms with Crippen molar-refractivity contribution in [3.63, 3.8) is 0 Å². The van der Waals surface area contributed by atoms with Crippen LogP contribution in [0.2, 0.25) is 0 Å². The van der Waals surface area contributed by atoms with Gasteiger partial charge in [-0.05, 0) is 29.2 Å². The van der Waals surface area contributed by atoms with E-state index in [0.29, 0.717) is 0 Å². The van der Waals surface area contributed by atoms with E-state index in [0.717, 1.165) is 22.3 Å². The summed E-state index contributed by atoms with van der Waals surface area (Å²) in [6.45, 7) is 1.40. The molecule has 9 heteroatoms. The van der Waals surface area contributed by atoms with Crippen molar-refractivity contribution in [1.29, 1.82) is 0 Å². The molecule has 0 heterocycles. The van der Waals surface area contributed by atoms with Crippen molar-refractivity contribution in [2.45, 2.75) is 44.2 Å². The molecule has 0 radical (unpaired) electrons. The van der Waals surface area contributed by atoms with Gasteiger partial charge < -0.3 is 20.5 Å². The van der Waals surface area contributed by atoms with Crippen LogP contribution in [0.15, 0.2) is 48.5 Å².